The van der Waals surface area contributed by atoms with Crippen LogP contribution in [0.4, 0.5) is 0 Å². The fourth-order valence-corrected chi connectivity index (χ4v) is 1.29. The molecule has 92 valence electrons. The van der Waals surface area contributed by atoms with Crippen LogP contribution in [0, 0.1) is 0 Å². The number of carbonyl (C=O) groups is 1. The second kappa shape index (κ2) is 6.70. The summed E-state index contributed by atoms with van der Waals surface area (Å²) in [6, 6.07) is 6.73. The first-order chi connectivity index (χ1) is 8.13. The van der Waals surface area contributed by atoms with E-state index in [0.29, 0.717) is 13.0 Å². The van der Waals surface area contributed by atoms with Crippen LogP contribution in [0.3, 0.4) is 0 Å². The molecule has 4 heteroatoms. The van der Waals surface area contributed by atoms with Crippen LogP contribution in [0.1, 0.15) is 18.9 Å². The highest BCUT2D eigenvalue weighted by atomic mass is 16.5. The molecule has 0 aliphatic heterocycles. The summed E-state index contributed by atoms with van der Waals surface area (Å²) in [5.41, 5.74) is 6.37. The van der Waals surface area contributed by atoms with E-state index < -0.39 is 12.0 Å². The molecule has 0 spiro atoms. The molecule has 4 nitrogen and oxygen atoms in total. The van der Waals surface area contributed by atoms with Crippen molar-refractivity contribution in [3.63, 3.8) is 0 Å². The molecule has 17 heavy (non-hydrogen) atoms. The van der Waals surface area contributed by atoms with Crippen molar-refractivity contribution in [2.75, 3.05) is 6.61 Å². The lowest BCUT2D eigenvalue weighted by atomic mass is 10.1. The molecule has 1 atom stereocenters. The molecule has 0 fully saturated rings. The lowest BCUT2D eigenvalue weighted by molar-refractivity contribution is -0.138. The third kappa shape index (κ3) is 4.70. The van der Waals surface area contributed by atoms with E-state index in [4.69, 9.17) is 15.6 Å². The first-order valence-electron chi connectivity index (χ1n) is 5.51. The van der Waals surface area contributed by atoms with E-state index in [-0.39, 0.29) is 0 Å². The van der Waals surface area contributed by atoms with Crippen molar-refractivity contribution in [2.24, 2.45) is 5.73 Å². The van der Waals surface area contributed by atoms with Gasteiger partial charge in [0.1, 0.15) is 11.8 Å². The van der Waals surface area contributed by atoms with E-state index in [1.165, 1.54) is 0 Å². The number of nitrogens with two attached hydrogens (primary N) is 1. The van der Waals surface area contributed by atoms with Gasteiger partial charge < -0.3 is 15.6 Å². The van der Waals surface area contributed by atoms with E-state index in [1.807, 2.05) is 37.3 Å². The van der Waals surface area contributed by atoms with Gasteiger partial charge in [0, 0.05) is 0 Å². The van der Waals surface area contributed by atoms with Gasteiger partial charge in [-0.1, -0.05) is 24.3 Å². The molecular weight excluding hydrogens is 218 g/mol. The Morgan fingerprint density at radius 2 is 2.12 bits per heavy atom. The van der Waals surface area contributed by atoms with Crippen LogP contribution >= 0.6 is 0 Å². The van der Waals surface area contributed by atoms with Crippen LogP contribution in [0.5, 0.6) is 5.75 Å². The van der Waals surface area contributed by atoms with Gasteiger partial charge in [0.2, 0.25) is 0 Å². The minimum absolute atomic E-state index is 0.322. The first-order valence-corrected chi connectivity index (χ1v) is 5.51. The Balaban J connectivity index is 2.51. The van der Waals surface area contributed by atoms with Crippen molar-refractivity contribution in [3.05, 3.63) is 35.9 Å². The Kier molecular flexibility index (Phi) is 5.23. The average molecular weight is 235 g/mol. The van der Waals surface area contributed by atoms with Gasteiger partial charge in [-0.05, 0) is 31.0 Å². The van der Waals surface area contributed by atoms with Gasteiger partial charge in [-0.15, -0.1) is 0 Å². The van der Waals surface area contributed by atoms with Gasteiger partial charge >= 0.3 is 5.97 Å². The van der Waals surface area contributed by atoms with E-state index in [1.54, 1.807) is 6.08 Å². The van der Waals surface area contributed by atoms with Crippen molar-refractivity contribution in [1.29, 1.82) is 0 Å². The summed E-state index contributed by atoms with van der Waals surface area (Å²) in [5.74, 6) is -0.159. The first kappa shape index (κ1) is 13.3. The number of carboxylic acid groups (broad SMARTS) is 1. The number of benzene rings is 1. The van der Waals surface area contributed by atoms with Crippen LogP contribution in [0.2, 0.25) is 0 Å². The highest BCUT2D eigenvalue weighted by Crippen LogP contribution is 2.13. The number of ether oxygens (including phenoxy) is 1. The maximum Gasteiger partial charge on any atom is 0.320 e. The highest BCUT2D eigenvalue weighted by Gasteiger charge is 2.07. The Morgan fingerprint density at radius 3 is 2.65 bits per heavy atom. The molecule has 0 aliphatic carbocycles. The number of rotatable bonds is 6. The molecular formula is C13H17NO3. The van der Waals surface area contributed by atoms with Gasteiger partial charge in [-0.3, -0.25) is 4.79 Å². The van der Waals surface area contributed by atoms with Gasteiger partial charge in [-0.25, -0.2) is 0 Å². The minimum atomic E-state index is -0.985. The van der Waals surface area contributed by atoms with Gasteiger partial charge in [-0.2, -0.15) is 0 Å². The largest absolute Gasteiger partial charge is 0.494 e. The molecule has 1 aromatic rings. The van der Waals surface area contributed by atoms with Crippen molar-refractivity contribution < 1.29 is 14.6 Å². The summed E-state index contributed by atoms with van der Waals surface area (Å²) in [4.78, 5) is 10.5. The maximum absolute atomic E-state index is 10.5. The molecule has 0 radical (unpaired) electrons. The van der Waals surface area contributed by atoms with Gasteiger partial charge in [0.25, 0.3) is 0 Å². The summed E-state index contributed by atoms with van der Waals surface area (Å²) in [7, 11) is 0. The number of aliphatic carboxylic acids is 1. The summed E-state index contributed by atoms with van der Waals surface area (Å²) in [6.07, 6.45) is 3.93. The SMILES string of the molecule is CCOc1ccc(/C=C/CC(N)C(=O)O)cc1. The normalized spacial score (nSPS) is 12.6. The third-order valence-electron chi connectivity index (χ3n) is 2.21. The topological polar surface area (TPSA) is 72.5 Å². The van der Waals surface area contributed by atoms with Crippen molar-refractivity contribution in [3.8, 4) is 5.75 Å². The third-order valence-corrected chi connectivity index (χ3v) is 2.21. The van der Waals surface area contributed by atoms with Crippen molar-refractivity contribution in [2.45, 2.75) is 19.4 Å². The fraction of sp³-hybridized carbons (Fsp3) is 0.308. The smallest absolute Gasteiger partial charge is 0.320 e. The van der Waals surface area contributed by atoms with Crippen LogP contribution < -0.4 is 10.5 Å². The molecule has 0 amide bonds. The summed E-state index contributed by atoms with van der Waals surface area (Å²) in [6.45, 7) is 2.57. The zero-order chi connectivity index (χ0) is 12.7. The molecule has 0 aromatic heterocycles. The number of hydrogen-bond acceptors (Lipinski definition) is 3. The zero-order valence-corrected chi connectivity index (χ0v) is 9.80. The highest BCUT2D eigenvalue weighted by molar-refractivity contribution is 5.73. The second-order valence-electron chi connectivity index (χ2n) is 3.58. The van der Waals surface area contributed by atoms with E-state index in [9.17, 15) is 4.79 Å². The Labute approximate surface area is 101 Å². The molecule has 0 heterocycles. The summed E-state index contributed by atoms with van der Waals surface area (Å²) in [5, 5.41) is 8.60. The monoisotopic (exact) mass is 235 g/mol. The van der Waals surface area contributed by atoms with Crippen LogP contribution in [-0.4, -0.2) is 23.7 Å². The molecule has 0 saturated carbocycles. The molecule has 1 unspecified atom stereocenters. The van der Waals surface area contributed by atoms with E-state index in [0.717, 1.165) is 11.3 Å². The summed E-state index contributed by atoms with van der Waals surface area (Å²) >= 11 is 0. The predicted molar refractivity (Wildman–Crippen MR) is 66.9 cm³/mol. The Bertz CT molecular complexity index is 384. The Morgan fingerprint density at radius 1 is 1.47 bits per heavy atom. The molecule has 1 aromatic carbocycles. The van der Waals surface area contributed by atoms with Crippen molar-refractivity contribution >= 4 is 12.0 Å². The summed E-state index contributed by atoms with van der Waals surface area (Å²) < 4.78 is 5.31. The fourth-order valence-electron chi connectivity index (χ4n) is 1.29. The van der Waals surface area contributed by atoms with E-state index in [2.05, 4.69) is 0 Å². The number of hydrogen-bond donors (Lipinski definition) is 2. The molecule has 0 saturated heterocycles. The molecule has 0 bridgehead atoms. The van der Waals surface area contributed by atoms with Gasteiger partial charge in [0.05, 0.1) is 6.61 Å². The van der Waals surface area contributed by atoms with E-state index >= 15 is 0 Å². The maximum atomic E-state index is 10.5. The molecule has 3 N–H and O–H groups in total. The van der Waals surface area contributed by atoms with Gasteiger partial charge in [0.15, 0.2) is 0 Å². The lowest BCUT2D eigenvalue weighted by Crippen LogP contribution is -2.29. The molecule has 1 rings (SSSR count). The number of carboxylic acids is 1. The van der Waals surface area contributed by atoms with Crippen LogP contribution in [0.25, 0.3) is 6.08 Å². The second-order valence-corrected chi connectivity index (χ2v) is 3.58. The standard InChI is InChI=1S/C13H17NO3/c1-2-17-11-8-6-10(7-9-11)4-3-5-12(14)13(15)16/h3-4,6-9,12H,2,5,14H2,1H3,(H,15,16)/b4-3+. The average Bonchev–Trinajstić information content (AvgIpc) is 2.31. The zero-order valence-electron chi connectivity index (χ0n) is 9.80. The quantitative estimate of drug-likeness (QED) is 0.789. The van der Waals surface area contributed by atoms with Crippen molar-refractivity contribution in [1.82, 2.24) is 0 Å². The predicted octanol–water partition coefficient (Wildman–Crippen LogP) is 1.90. The van der Waals surface area contributed by atoms with Crippen LogP contribution in [0.15, 0.2) is 30.3 Å². The minimum Gasteiger partial charge on any atom is -0.494 e. The molecule has 0 aliphatic rings. The lowest BCUT2D eigenvalue weighted by Gasteiger charge is -2.03. The Hall–Kier alpha value is -1.81. The van der Waals surface area contributed by atoms with Crippen LogP contribution in [-0.2, 0) is 4.79 Å².